The Morgan fingerprint density at radius 3 is 2.64 bits per heavy atom. The number of aromatic nitrogens is 2. The number of carbonyl (C=O) groups is 1. The molecular weight excluding hydrogens is 477 g/mol. The van der Waals surface area contributed by atoms with Crippen molar-refractivity contribution in [3.63, 3.8) is 0 Å². The third kappa shape index (κ3) is 5.58. The van der Waals surface area contributed by atoms with Gasteiger partial charge in [0.1, 0.15) is 29.6 Å². The van der Waals surface area contributed by atoms with Gasteiger partial charge in [-0.25, -0.2) is 14.4 Å². The minimum atomic E-state index is -3.49. The third-order valence-electron chi connectivity index (χ3n) is 4.98. The van der Waals surface area contributed by atoms with Gasteiger partial charge in [0.2, 0.25) is 0 Å². The number of aliphatic hydroxyl groups excluding tert-OH is 1. The van der Waals surface area contributed by atoms with Gasteiger partial charge in [-0.05, 0) is 37.8 Å². The number of hydrogen-bond acceptors (Lipinski definition) is 9. The number of carboxylic acids is 1. The number of aromatic amines is 1. The second-order valence-electron chi connectivity index (χ2n) is 7.58. The van der Waals surface area contributed by atoms with Gasteiger partial charge in [0.05, 0.1) is 6.61 Å². The molecule has 2 heterocycles. The Labute approximate surface area is 193 Å². The van der Waals surface area contributed by atoms with Gasteiger partial charge in [0.25, 0.3) is 5.56 Å². The lowest BCUT2D eigenvalue weighted by Gasteiger charge is -2.28. The summed E-state index contributed by atoms with van der Waals surface area (Å²) in [5.74, 6) is -0.863. The van der Waals surface area contributed by atoms with Gasteiger partial charge in [0, 0.05) is 12.3 Å². The number of aliphatic hydroxyl groups is 2. The van der Waals surface area contributed by atoms with Crippen LogP contribution in [0.1, 0.15) is 20.1 Å². The molecule has 0 bridgehead atoms. The van der Waals surface area contributed by atoms with E-state index in [2.05, 4.69) is 10.1 Å². The first-order valence-electron chi connectivity index (χ1n) is 9.80. The SMILES string of the molecule is C[C@H](NP(=S)(OC[C@H]1O[C@@H](n2c(=O)cc[nH]c2=O)[C@](C)(O)[C@@H]1O)Oc1ccccc1)C(=O)O. The summed E-state index contributed by atoms with van der Waals surface area (Å²) in [5.41, 5.74) is -3.61. The van der Waals surface area contributed by atoms with Crippen molar-refractivity contribution < 1.29 is 33.9 Å². The molecule has 6 atom stereocenters. The molecule has 0 aliphatic carbocycles. The van der Waals surface area contributed by atoms with Gasteiger partial charge in [-0.3, -0.25) is 9.59 Å². The topological polar surface area (TPSA) is 172 Å². The number of rotatable bonds is 9. The average molecular weight is 501 g/mol. The molecule has 1 unspecified atom stereocenters. The number of benzene rings is 1. The summed E-state index contributed by atoms with van der Waals surface area (Å²) < 4.78 is 17.7. The van der Waals surface area contributed by atoms with Crippen LogP contribution < -0.4 is 20.9 Å². The second-order valence-corrected chi connectivity index (χ2v) is 10.7. The minimum absolute atomic E-state index is 0.325. The summed E-state index contributed by atoms with van der Waals surface area (Å²) >= 11 is 5.46. The van der Waals surface area contributed by atoms with Gasteiger partial charge in [-0.2, -0.15) is 0 Å². The number of hydrogen-bond donors (Lipinski definition) is 5. The summed E-state index contributed by atoms with van der Waals surface area (Å²) in [5, 5.41) is 33.3. The van der Waals surface area contributed by atoms with Gasteiger partial charge >= 0.3 is 18.3 Å². The number of H-pyrrole nitrogens is 1. The number of aliphatic carboxylic acids is 1. The van der Waals surface area contributed by atoms with Gasteiger partial charge in [0.15, 0.2) is 6.23 Å². The number of carboxylic acid groups (broad SMARTS) is 1. The van der Waals surface area contributed by atoms with Crippen molar-refractivity contribution in [2.24, 2.45) is 0 Å². The monoisotopic (exact) mass is 501 g/mol. The first-order valence-corrected chi connectivity index (χ1v) is 12.4. The van der Waals surface area contributed by atoms with Crippen LogP contribution in [0.15, 0.2) is 52.2 Å². The largest absolute Gasteiger partial charge is 0.480 e. The van der Waals surface area contributed by atoms with E-state index in [1.165, 1.54) is 13.8 Å². The molecule has 1 saturated heterocycles. The van der Waals surface area contributed by atoms with Crippen LogP contribution in [0.3, 0.4) is 0 Å². The molecule has 2 aromatic rings. The Morgan fingerprint density at radius 2 is 2.03 bits per heavy atom. The van der Waals surface area contributed by atoms with E-state index in [0.29, 0.717) is 10.3 Å². The van der Waals surface area contributed by atoms with Crippen molar-refractivity contribution in [2.75, 3.05) is 6.61 Å². The molecule has 0 radical (unpaired) electrons. The number of ether oxygens (including phenoxy) is 1. The molecule has 14 heteroatoms. The molecule has 0 amide bonds. The van der Waals surface area contributed by atoms with Crippen molar-refractivity contribution in [3.8, 4) is 5.75 Å². The van der Waals surface area contributed by atoms with E-state index in [-0.39, 0.29) is 0 Å². The van der Waals surface area contributed by atoms with E-state index in [4.69, 9.17) is 25.6 Å². The predicted molar refractivity (Wildman–Crippen MR) is 119 cm³/mol. The Kier molecular flexibility index (Phi) is 7.54. The van der Waals surface area contributed by atoms with E-state index in [1.807, 2.05) is 0 Å². The molecule has 180 valence electrons. The summed E-state index contributed by atoms with van der Waals surface area (Å²) in [6, 6.07) is 8.30. The maximum atomic E-state index is 12.2. The summed E-state index contributed by atoms with van der Waals surface area (Å²) in [6.45, 7) is -1.35. The standard InChI is InChI=1S/C19H24N3O9PS/c1-11(16(25)26)21-32(33,31-12-6-4-3-5-7-12)29-10-13-15(24)19(2,28)17(30-13)22-14(23)8-9-20-18(22)27/h3-9,11,13,15,17,24,28H,10H2,1-2H3,(H,20,27)(H,21,33)(H,25,26)/t11-,13+,15+,17+,19+,32?/m0/s1. The molecule has 0 saturated carbocycles. The van der Waals surface area contributed by atoms with Crippen LogP contribution in [-0.4, -0.2) is 61.3 Å². The first kappa shape index (κ1) is 25.2. The summed E-state index contributed by atoms with van der Waals surface area (Å²) in [6.07, 6.45) is -3.17. The zero-order chi connectivity index (χ0) is 24.4. The van der Waals surface area contributed by atoms with E-state index in [0.717, 1.165) is 12.3 Å². The van der Waals surface area contributed by atoms with Gasteiger partial charge in [-0.1, -0.05) is 18.2 Å². The Balaban J connectivity index is 1.82. The maximum Gasteiger partial charge on any atom is 0.330 e. The van der Waals surface area contributed by atoms with Crippen LogP contribution in [0.5, 0.6) is 5.75 Å². The van der Waals surface area contributed by atoms with Gasteiger partial charge in [-0.15, -0.1) is 0 Å². The molecule has 5 N–H and O–H groups in total. The molecule has 1 aromatic heterocycles. The highest BCUT2D eigenvalue weighted by Crippen LogP contribution is 2.47. The fraction of sp³-hybridized carbons (Fsp3) is 0.421. The molecule has 33 heavy (non-hydrogen) atoms. The van der Waals surface area contributed by atoms with Crippen molar-refractivity contribution in [3.05, 3.63) is 63.4 Å². The lowest BCUT2D eigenvalue weighted by molar-refractivity contribution is -0.138. The van der Waals surface area contributed by atoms with E-state index >= 15 is 0 Å². The lowest BCUT2D eigenvalue weighted by Crippen LogP contribution is -2.49. The number of nitrogens with zero attached hydrogens (tertiary/aromatic N) is 1. The second kappa shape index (κ2) is 9.85. The predicted octanol–water partition coefficient (Wildman–Crippen LogP) is -0.0713. The molecule has 1 fully saturated rings. The average Bonchev–Trinajstić information content (AvgIpc) is 2.96. The molecule has 1 aromatic carbocycles. The van der Waals surface area contributed by atoms with Crippen LogP contribution in [0.2, 0.25) is 0 Å². The highest BCUT2D eigenvalue weighted by Gasteiger charge is 2.54. The molecular formula is C19H24N3O9PS. The molecule has 12 nitrogen and oxygen atoms in total. The maximum absolute atomic E-state index is 12.2. The molecule has 1 aliphatic rings. The molecule has 0 spiro atoms. The Bertz CT molecular complexity index is 1120. The summed E-state index contributed by atoms with van der Waals surface area (Å²) in [4.78, 5) is 37.9. The quantitative estimate of drug-likeness (QED) is 0.291. The first-order chi connectivity index (χ1) is 15.4. The number of nitrogens with one attached hydrogen (secondary N) is 2. The van der Waals surface area contributed by atoms with Gasteiger partial charge < -0.3 is 34.1 Å². The number of para-hydroxylation sites is 1. The van der Waals surface area contributed by atoms with E-state index in [9.17, 15) is 29.7 Å². The fourth-order valence-corrected chi connectivity index (χ4v) is 5.61. The smallest absolute Gasteiger partial charge is 0.330 e. The van der Waals surface area contributed by atoms with Crippen molar-refractivity contribution in [2.45, 2.75) is 43.9 Å². The van der Waals surface area contributed by atoms with Crippen molar-refractivity contribution in [1.82, 2.24) is 14.6 Å². The van der Waals surface area contributed by atoms with Crippen molar-refractivity contribution >= 4 is 24.4 Å². The normalized spacial score (nSPS) is 27.6. The van der Waals surface area contributed by atoms with Crippen LogP contribution in [-0.2, 0) is 25.9 Å². The van der Waals surface area contributed by atoms with Crippen LogP contribution in [0.4, 0.5) is 0 Å². The zero-order valence-corrected chi connectivity index (χ0v) is 19.4. The minimum Gasteiger partial charge on any atom is -0.480 e. The molecule has 1 aliphatic heterocycles. The van der Waals surface area contributed by atoms with E-state index < -0.39 is 60.5 Å². The zero-order valence-electron chi connectivity index (χ0n) is 17.7. The Morgan fingerprint density at radius 1 is 1.36 bits per heavy atom. The third-order valence-corrected chi connectivity index (χ3v) is 7.48. The fourth-order valence-electron chi connectivity index (χ4n) is 3.18. The van der Waals surface area contributed by atoms with Crippen LogP contribution in [0, 0.1) is 0 Å². The lowest BCUT2D eigenvalue weighted by atomic mass is 9.96. The van der Waals surface area contributed by atoms with E-state index in [1.54, 1.807) is 30.3 Å². The van der Waals surface area contributed by atoms with Crippen LogP contribution in [0.25, 0.3) is 0 Å². The highest BCUT2D eigenvalue weighted by atomic mass is 32.5. The van der Waals surface area contributed by atoms with Crippen LogP contribution >= 0.6 is 6.64 Å². The van der Waals surface area contributed by atoms with Crippen molar-refractivity contribution in [1.29, 1.82) is 0 Å². The summed E-state index contributed by atoms with van der Waals surface area (Å²) in [7, 11) is 0. The highest BCUT2D eigenvalue weighted by molar-refractivity contribution is 8.09. The molecule has 3 rings (SSSR count). The Hall–Kier alpha value is -2.38.